The first-order chi connectivity index (χ1) is 8.70. The highest BCUT2D eigenvalue weighted by atomic mass is 16.7. The summed E-state index contributed by atoms with van der Waals surface area (Å²) in [6, 6.07) is 7.74. The van der Waals surface area contributed by atoms with E-state index in [0.29, 0.717) is 32.3 Å². The zero-order chi connectivity index (χ0) is 13.0. The lowest BCUT2D eigenvalue weighted by Crippen LogP contribution is -2.46. The first-order valence-corrected chi connectivity index (χ1v) is 6.41. The van der Waals surface area contributed by atoms with E-state index in [2.05, 4.69) is 6.92 Å². The van der Waals surface area contributed by atoms with E-state index in [-0.39, 0.29) is 0 Å². The molecule has 4 nitrogen and oxygen atoms in total. The molecule has 1 saturated heterocycles. The maximum atomic E-state index is 5.83. The zero-order valence-corrected chi connectivity index (χ0v) is 11.0. The lowest BCUT2D eigenvalue weighted by molar-refractivity contribution is -0.284. The molecule has 1 heterocycles. The first-order valence-electron chi connectivity index (χ1n) is 6.41. The summed E-state index contributed by atoms with van der Waals surface area (Å²) in [7, 11) is 0. The molecular weight excluding hydrogens is 230 g/mol. The minimum Gasteiger partial charge on any atom is -0.494 e. The number of rotatable bonds is 4. The SMILES string of the molecule is CCOc1ccc(C2(CN)OCC(C)CO2)cc1. The fourth-order valence-corrected chi connectivity index (χ4v) is 2.02. The molecule has 18 heavy (non-hydrogen) atoms. The summed E-state index contributed by atoms with van der Waals surface area (Å²) in [4.78, 5) is 0. The molecule has 0 atom stereocenters. The minimum absolute atomic E-state index is 0.313. The lowest BCUT2D eigenvalue weighted by atomic mass is 10.0. The van der Waals surface area contributed by atoms with Gasteiger partial charge in [0.25, 0.3) is 0 Å². The average Bonchev–Trinajstić information content (AvgIpc) is 2.42. The van der Waals surface area contributed by atoms with Crippen LogP contribution in [0, 0.1) is 5.92 Å². The number of hydrogen-bond acceptors (Lipinski definition) is 4. The van der Waals surface area contributed by atoms with Gasteiger partial charge in [0, 0.05) is 11.5 Å². The third-order valence-electron chi connectivity index (χ3n) is 3.08. The molecule has 1 fully saturated rings. The Labute approximate surface area is 108 Å². The van der Waals surface area contributed by atoms with Gasteiger partial charge in [0.1, 0.15) is 5.75 Å². The molecule has 0 bridgehead atoms. The molecule has 2 rings (SSSR count). The summed E-state index contributed by atoms with van der Waals surface area (Å²) in [5.41, 5.74) is 6.78. The van der Waals surface area contributed by atoms with Gasteiger partial charge in [-0.3, -0.25) is 0 Å². The molecule has 2 N–H and O–H groups in total. The van der Waals surface area contributed by atoms with E-state index in [4.69, 9.17) is 19.9 Å². The van der Waals surface area contributed by atoms with Gasteiger partial charge in [0.05, 0.1) is 26.4 Å². The second-order valence-corrected chi connectivity index (χ2v) is 4.64. The van der Waals surface area contributed by atoms with Crippen molar-refractivity contribution in [1.82, 2.24) is 0 Å². The molecule has 0 unspecified atom stereocenters. The highest BCUT2D eigenvalue weighted by Gasteiger charge is 2.37. The summed E-state index contributed by atoms with van der Waals surface area (Å²) < 4.78 is 17.1. The van der Waals surface area contributed by atoms with E-state index in [0.717, 1.165) is 11.3 Å². The van der Waals surface area contributed by atoms with Crippen molar-refractivity contribution in [3.05, 3.63) is 29.8 Å². The molecule has 1 aliphatic rings. The molecule has 0 radical (unpaired) electrons. The van der Waals surface area contributed by atoms with Gasteiger partial charge in [-0.25, -0.2) is 0 Å². The van der Waals surface area contributed by atoms with Gasteiger partial charge in [-0.1, -0.05) is 6.92 Å². The van der Waals surface area contributed by atoms with Gasteiger partial charge >= 0.3 is 0 Å². The van der Waals surface area contributed by atoms with Gasteiger partial charge < -0.3 is 19.9 Å². The lowest BCUT2D eigenvalue weighted by Gasteiger charge is -2.38. The van der Waals surface area contributed by atoms with Crippen LogP contribution < -0.4 is 10.5 Å². The van der Waals surface area contributed by atoms with Crippen LogP contribution >= 0.6 is 0 Å². The van der Waals surface area contributed by atoms with Crippen molar-refractivity contribution in [2.24, 2.45) is 11.7 Å². The van der Waals surface area contributed by atoms with Crippen LogP contribution in [0.15, 0.2) is 24.3 Å². The van der Waals surface area contributed by atoms with E-state index < -0.39 is 5.79 Å². The summed E-state index contributed by atoms with van der Waals surface area (Å²) >= 11 is 0. The fraction of sp³-hybridized carbons (Fsp3) is 0.571. The van der Waals surface area contributed by atoms with Gasteiger partial charge in [0.15, 0.2) is 0 Å². The first kappa shape index (κ1) is 13.3. The molecule has 0 amide bonds. The Morgan fingerprint density at radius 2 is 1.89 bits per heavy atom. The third-order valence-corrected chi connectivity index (χ3v) is 3.08. The molecular formula is C14H21NO3. The van der Waals surface area contributed by atoms with Crippen LogP contribution in [0.3, 0.4) is 0 Å². The van der Waals surface area contributed by atoms with Crippen LogP contribution in [-0.2, 0) is 15.3 Å². The van der Waals surface area contributed by atoms with Gasteiger partial charge in [-0.15, -0.1) is 0 Å². The highest BCUT2D eigenvalue weighted by Crippen LogP contribution is 2.32. The van der Waals surface area contributed by atoms with E-state index in [1.165, 1.54) is 0 Å². The fourth-order valence-electron chi connectivity index (χ4n) is 2.02. The molecule has 1 aliphatic heterocycles. The molecule has 100 valence electrons. The summed E-state index contributed by atoms with van der Waals surface area (Å²) in [5, 5.41) is 0. The van der Waals surface area contributed by atoms with Crippen LogP contribution in [0.1, 0.15) is 19.4 Å². The van der Waals surface area contributed by atoms with E-state index in [9.17, 15) is 0 Å². The average molecular weight is 251 g/mol. The van der Waals surface area contributed by atoms with Crippen LogP contribution in [0.25, 0.3) is 0 Å². The van der Waals surface area contributed by atoms with E-state index in [1.807, 2.05) is 31.2 Å². The molecule has 4 heteroatoms. The molecule has 0 spiro atoms. The van der Waals surface area contributed by atoms with Crippen molar-refractivity contribution >= 4 is 0 Å². The Kier molecular flexibility index (Phi) is 4.22. The van der Waals surface area contributed by atoms with Crippen LogP contribution in [0.2, 0.25) is 0 Å². The number of nitrogens with two attached hydrogens (primary N) is 1. The van der Waals surface area contributed by atoms with Gasteiger partial charge in [0.2, 0.25) is 5.79 Å². The second kappa shape index (κ2) is 5.69. The summed E-state index contributed by atoms with van der Waals surface area (Å²) in [5.74, 6) is 0.460. The Morgan fingerprint density at radius 1 is 1.28 bits per heavy atom. The molecule has 1 aromatic rings. The van der Waals surface area contributed by atoms with Crippen molar-refractivity contribution in [2.45, 2.75) is 19.6 Å². The Bertz CT molecular complexity index is 369. The number of hydrogen-bond donors (Lipinski definition) is 1. The van der Waals surface area contributed by atoms with E-state index in [1.54, 1.807) is 0 Å². The highest BCUT2D eigenvalue weighted by molar-refractivity contribution is 5.30. The summed E-state index contributed by atoms with van der Waals surface area (Å²) in [6.07, 6.45) is 0. The Balaban J connectivity index is 2.16. The van der Waals surface area contributed by atoms with Crippen molar-refractivity contribution < 1.29 is 14.2 Å². The Hall–Kier alpha value is -1.10. The van der Waals surface area contributed by atoms with Crippen LogP contribution in [-0.4, -0.2) is 26.4 Å². The van der Waals surface area contributed by atoms with Crippen molar-refractivity contribution in [2.75, 3.05) is 26.4 Å². The maximum Gasteiger partial charge on any atom is 0.207 e. The molecule has 1 aromatic carbocycles. The maximum absolute atomic E-state index is 5.83. The second-order valence-electron chi connectivity index (χ2n) is 4.64. The van der Waals surface area contributed by atoms with E-state index >= 15 is 0 Å². The monoisotopic (exact) mass is 251 g/mol. The molecule has 0 aromatic heterocycles. The largest absolute Gasteiger partial charge is 0.494 e. The van der Waals surface area contributed by atoms with Crippen molar-refractivity contribution in [1.29, 1.82) is 0 Å². The predicted molar refractivity (Wildman–Crippen MR) is 69.4 cm³/mol. The predicted octanol–water partition coefficient (Wildman–Crippen LogP) is 1.88. The number of benzene rings is 1. The van der Waals surface area contributed by atoms with Crippen LogP contribution in [0.5, 0.6) is 5.75 Å². The third kappa shape index (κ3) is 2.66. The molecule has 0 aliphatic carbocycles. The quantitative estimate of drug-likeness (QED) is 0.887. The zero-order valence-electron chi connectivity index (χ0n) is 11.0. The van der Waals surface area contributed by atoms with Crippen molar-refractivity contribution in [3.63, 3.8) is 0 Å². The van der Waals surface area contributed by atoms with Crippen LogP contribution in [0.4, 0.5) is 0 Å². The standard InChI is InChI=1S/C14H21NO3/c1-3-16-13-6-4-12(5-7-13)14(10-15)17-8-11(2)9-18-14/h4-7,11H,3,8-10,15H2,1-2H3. The normalized spacial score (nSPS) is 28.1. The summed E-state index contributed by atoms with van der Waals surface area (Å²) in [6.45, 7) is 6.37. The van der Waals surface area contributed by atoms with Gasteiger partial charge in [-0.05, 0) is 31.2 Å². The smallest absolute Gasteiger partial charge is 0.207 e. The molecule has 0 saturated carbocycles. The minimum atomic E-state index is -0.794. The topological polar surface area (TPSA) is 53.7 Å². The number of ether oxygens (including phenoxy) is 3. The van der Waals surface area contributed by atoms with Crippen molar-refractivity contribution in [3.8, 4) is 5.75 Å². The van der Waals surface area contributed by atoms with Gasteiger partial charge in [-0.2, -0.15) is 0 Å². The Morgan fingerprint density at radius 3 is 2.39 bits per heavy atom.